The lowest BCUT2D eigenvalue weighted by molar-refractivity contribution is -0.155. The van der Waals surface area contributed by atoms with Gasteiger partial charge < -0.3 is 19.5 Å². The Balaban J connectivity index is 1.89. The second-order valence-corrected chi connectivity index (χ2v) is 5.64. The molecule has 1 aromatic heterocycles. The molecule has 1 N–H and O–H groups in total. The number of carbonyl (C=O) groups is 3. The van der Waals surface area contributed by atoms with Crippen molar-refractivity contribution in [3.63, 3.8) is 0 Å². The fraction of sp³-hybridized carbons (Fsp3) is 0.222. The molecule has 1 amide bonds. The van der Waals surface area contributed by atoms with Crippen LogP contribution in [0.4, 0.5) is 5.69 Å². The number of nitrogens with one attached hydrogen (secondary N) is 1. The smallest absolute Gasteiger partial charge is 0.344 e. The van der Waals surface area contributed by atoms with Crippen LogP contribution < -0.4 is 14.8 Å². The highest BCUT2D eigenvalue weighted by atomic mass is 35.5. The van der Waals surface area contributed by atoms with Crippen LogP contribution >= 0.6 is 11.6 Å². The van der Waals surface area contributed by atoms with Gasteiger partial charge >= 0.3 is 5.97 Å². The average Bonchev–Trinajstić information content (AvgIpc) is 2.67. The first-order chi connectivity index (χ1) is 12.9. The van der Waals surface area contributed by atoms with E-state index in [4.69, 9.17) is 25.8 Å². The first-order valence-electron chi connectivity index (χ1n) is 7.81. The van der Waals surface area contributed by atoms with Crippen molar-refractivity contribution in [3.05, 3.63) is 47.2 Å². The van der Waals surface area contributed by atoms with Crippen LogP contribution in [0.3, 0.4) is 0 Å². The highest BCUT2D eigenvalue weighted by Crippen LogP contribution is 2.27. The standard InChI is InChI=1S/C18H17ClN2O6/c1-11(18(24)21-13-4-3-7-20-17(13)19)27-16(23)10-26-14-6-5-12(9-22)8-15(14)25-2/h3-9,11H,10H2,1-2H3,(H,21,24)/t11-/m0/s1. The molecule has 0 saturated heterocycles. The molecule has 1 heterocycles. The van der Waals surface area contributed by atoms with E-state index in [1.165, 1.54) is 38.4 Å². The Labute approximate surface area is 160 Å². The Bertz CT molecular complexity index is 842. The number of benzene rings is 1. The van der Waals surface area contributed by atoms with Gasteiger partial charge in [0.2, 0.25) is 0 Å². The van der Waals surface area contributed by atoms with Crippen molar-refractivity contribution in [3.8, 4) is 11.5 Å². The molecule has 2 aromatic rings. The third kappa shape index (κ3) is 5.68. The average molecular weight is 393 g/mol. The summed E-state index contributed by atoms with van der Waals surface area (Å²) in [6, 6.07) is 7.66. The summed E-state index contributed by atoms with van der Waals surface area (Å²) in [4.78, 5) is 38.6. The zero-order valence-corrected chi connectivity index (χ0v) is 15.4. The highest BCUT2D eigenvalue weighted by molar-refractivity contribution is 6.32. The molecule has 1 aromatic carbocycles. The van der Waals surface area contributed by atoms with Gasteiger partial charge in [0.15, 0.2) is 29.4 Å². The predicted octanol–water partition coefficient (Wildman–Crippen LogP) is 2.51. The Hall–Kier alpha value is -3.13. The SMILES string of the molecule is COc1cc(C=O)ccc1OCC(=O)O[C@@H](C)C(=O)Nc1cccnc1Cl. The molecule has 0 spiro atoms. The number of ether oxygens (including phenoxy) is 3. The number of rotatable bonds is 8. The van der Waals surface area contributed by atoms with E-state index in [0.29, 0.717) is 23.3 Å². The van der Waals surface area contributed by atoms with Gasteiger partial charge in [0.25, 0.3) is 5.91 Å². The zero-order chi connectivity index (χ0) is 19.8. The van der Waals surface area contributed by atoms with Crippen LogP contribution in [-0.2, 0) is 14.3 Å². The molecule has 0 unspecified atom stereocenters. The number of hydrogen-bond donors (Lipinski definition) is 1. The number of amides is 1. The van der Waals surface area contributed by atoms with E-state index in [2.05, 4.69) is 10.3 Å². The minimum Gasteiger partial charge on any atom is -0.493 e. The van der Waals surface area contributed by atoms with Crippen LogP contribution in [0.25, 0.3) is 0 Å². The third-order valence-corrected chi connectivity index (χ3v) is 3.66. The third-order valence-electron chi connectivity index (χ3n) is 3.36. The molecule has 142 valence electrons. The number of halogens is 1. The molecule has 9 heteroatoms. The topological polar surface area (TPSA) is 104 Å². The summed E-state index contributed by atoms with van der Waals surface area (Å²) in [5.74, 6) is -0.758. The number of anilines is 1. The van der Waals surface area contributed by atoms with Crippen molar-refractivity contribution in [2.45, 2.75) is 13.0 Å². The lowest BCUT2D eigenvalue weighted by Crippen LogP contribution is -2.31. The Morgan fingerprint density at radius 2 is 2.07 bits per heavy atom. The van der Waals surface area contributed by atoms with Crippen molar-refractivity contribution < 1.29 is 28.6 Å². The van der Waals surface area contributed by atoms with E-state index in [9.17, 15) is 14.4 Å². The fourth-order valence-corrected chi connectivity index (χ4v) is 2.18. The summed E-state index contributed by atoms with van der Waals surface area (Å²) in [6.45, 7) is 0.971. The second kappa shape index (κ2) is 9.54. The summed E-state index contributed by atoms with van der Waals surface area (Å²) in [7, 11) is 1.41. The van der Waals surface area contributed by atoms with Gasteiger partial charge in [0.1, 0.15) is 6.29 Å². The van der Waals surface area contributed by atoms with E-state index in [1.807, 2.05) is 0 Å². The van der Waals surface area contributed by atoms with Crippen molar-refractivity contribution in [2.24, 2.45) is 0 Å². The number of pyridine rings is 1. The van der Waals surface area contributed by atoms with Crippen LogP contribution in [-0.4, -0.2) is 43.0 Å². The zero-order valence-electron chi connectivity index (χ0n) is 14.6. The van der Waals surface area contributed by atoms with Gasteiger partial charge in [-0.2, -0.15) is 0 Å². The van der Waals surface area contributed by atoms with Crippen LogP contribution in [0.1, 0.15) is 17.3 Å². The van der Waals surface area contributed by atoms with Crippen molar-refractivity contribution in [2.75, 3.05) is 19.0 Å². The minimum atomic E-state index is -1.07. The molecule has 2 rings (SSSR count). The lowest BCUT2D eigenvalue weighted by Gasteiger charge is -2.15. The minimum absolute atomic E-state index is 0.124. The Morgan fingerprint density at radius 3 is 2.74 bits per heavy atom. The summed E-state index contributed by atoms with van der Waals surface area (Å²) < 4.78 is 15.5. The maximum absolute atomic E-state index is 12.1. The molecule has 0 bridgehead atoms. The quantitative estimate of drug-likeness (QED) is 0.418. The maximum Gasteiger partial charge on any atom is 0.344 e. The first-order valence-corrected chi connectivity index (χ1v) is 8.19. The number of methoxy groups -OCH3 is 1. The molecule has 0 aliphatic rings. The van der Waals surface area contributed by atoms with Crippen LogP contribution in [0.15, 0.2) is 36.5 Å². The molecule has 0 radical (unpaired) electrons. The maximum atomic E-state index is 12.1. The number of aldehydes is 1. The number of nitrogens with zero attached hydrogens (tertiary/aromatic N) is 1. The predicted molar refractivity (Wildman–Crippen MR) is 97.3 cm³/mol. The largest absolute Gasteiger partial charge is 0.493 e. The summed E-state index contributed by atoms with van der Waals surface area (Å²) in [6.07, 6.45) is 1.07. The molecule has 0 fully saturated rings. The Morgan fingerprint density at radius 1 is 1.30 bits per heavy atom. The number of carbonyl (C=O) groups excluding carboxylic acids is 3. The fourth-order valence-electron chi connectivity index (χ4n) is 2.01. The van der Waals surface area contributed by atoms with E-state index in [0.717, 1.165) is 0 Å². The van der Waals surface area contributed by atoms with Gasteiger partial charge in [-0.05, 0) is 37.3 Å². The van der Waals surface area contributed by atoms with Gasteiger partial charge in [-0.25, -0.2) is 9.78 Å². The highest BCUT2D eigenvalue weighted by Gasteiger charge is 2.19. The van der Waals surface area contributed by atoms with E-state index >= 15 is 0 Å². The van der Waals surface area contributed by atoms with Crippen LogP contribution in [0.2, 0.25) is 5.15 Å². The van der Waals surface area contributed by atoms with Gasteiger partial charge in [-0.3, -0.25) is 9.59 Å². The molecule has 1 atom stereocenters. The van der Waals surface area contributed by atoms with E-state index in [-0.39, 0.29) is 10.9 Å². The molecular weight excluding hydrogens is 376 g/mol. The summed E-state index contributed by atoms with van der Waals surface area (Å²) in [5, 5.41) is 2.64. The molecule has 27 heavy (non-hydrogen) atoms. The van der Waals surface area contributed by atoms with E-state index < -0.39 is 24.6 Å². The Kier molecular flexibility index (Phi) is 7.13. The van der Waals surface area contributed by atoms with E-state index in [1.54, 1.807) is 12.1 Å². The second-order valence-electron chi connectivity index (χ2n) is 5.28. The molecule has 0 aliphatic carbocycles. The molecular formula is C18H17ClN2O6. The van der Waals surface area contributed by atoms with Gasteiger partial charge in [0.05, 0.1) is 12.8 Å². The molecule has 0 aliphatic heterocycles. The number of esters is 1. The van der Waals surface area contributed by atoms with Crippen molar-refractivity contribution in [1.29, 1.82) is 0 Å². The van der Waals surface area contributed by atoms with Gasteiger partial charge in [0, 0.05) is 11.8 Å². The normalized spacial score (nSPS) is 11.2. The number of hydrogen-bond acceptors (Lipinski definition) is 7. The molecule has 8 nitrogen and oxygen atoms in total. The van der Waals surface area contributed by atoms with Crippen LogP contribution in [0.5, 0.6) is 11.5 Å². The summed E-state index contributed by atoms with van der Waals surface area (Å²) in [5.41, 5.74) is 0.712. The first kappa shape index (κ1) is 20.2. The molecule has 0 saturated carbocycles. The van der Waals surface area contributed by atoms with Crippen molar-refractivity contribution >= 4 is 35.5 Å². The van der Waals surface area contributed by atoms with Gasteiger partial charge in [-0.1, -0.05) is 11.6 Å². The monoisotopic (exact) mass is 392 g/mol. The lowest BCUT2D eigenvalue weighted by atomic mass is 10.2. The van der Waals surface area contributed by atoms with Crippen LogP contribution in [0, 0.1) is 0 Å². The number of aromatic nitrogens is 1. The van der Waals surface area contributed by atoms with Gasteiger partial charge in [-0.15, -0.1) is 0 Å². The summed E-state index contributed by atoms with van der Waals surface area (Å²) >= 11 is 5.86. The van der Waals surface area contributed by atoms with Crippen molar-refractivity contribution in [1.82, 2.24) is 4.98 Å².